The van der Waals surface area contributed by atoms with Gasteiger partial charge in [-0.15, -0.1) is 24.8 Å². The Balaban J connectivity index is 0.00000264. The topological polar surface area (TPSA) is 15.3 Å². The number of benzene rings is 1. The van der Waals surface area contributed by atoms with Gasteiger partial charge in [0.2, 0.25) is 0 Å². The molecule has 1 heterocycles. The van der Waals surface area contributed by atoms with Crippen molar-refractivity contribution in [2.24, 2.45) is 0 Å². The first-order valence-corrected chi connectivity index (χ1v) is 7.25. The molecule has 0 radical (unpaired) electrons. The third-order valence-corrected chi connectivity index (χ3v) is 3.96. The Bertz CT molecular complexity index is 519. The van der Waals surface area contributed by atoms with Gasteiger partial charge in [0, 0.05) is 44.2 Å². The molecule has 0 spiro atoms. The molecule has 2 rings (SSSR count). The van der Waals surface area contributed by atoms with Gasteiger partial charge in [0.1, 0.15) is 0 Å². The lowest BCUT2D eigenvalue weighted by atomic mass is 9.97. The van der Waals surface area contributed by atoms with Crippen molar-refractivity contribution in [1.82, 2.24) is 10.2 Å². The molecule has 0 amide bonds. The summed E-state index contributed by atoms with van der Waals surface area (Å²) in [6.07, 6.45) is -5.61. The highest BCUT2D eigenvalue weighted by atomic mass is 35.5. The lowest BCUT2D eigenvalue weighted by molar-refractivity contribution is -0.138. The molecule has 1 aliphatic rings. The Kier molecular flexibility index (Phi) is 9.49. The zero-order valence-electron chi connectivity index (χ0n) is 13.1. The van der Waals surface area contributed by atoms with Crippen LogP contribution in [-0.4, -0.2) is 37.3 Å². The molecule has 9 heteroatoms. The van der Waals surface area contributed by atoms with Crippen molar-refractivity contribution in [3.05, 3.63) is 34.9 Å². The smallest absolute Gasteiger partial charge is 0.314 e. The van der Waals surface area contributed by atoms with E-state index in [2.05, 4.69) is 5.32 Å². The molecule has 1 aromatic rings. The van der Waals surface area contributed by atoms with E-state index in [0.29, 0.717) is 26.2 Å². The van der Waals surface area contributed by atoms with Crippen molar-refractivity contribution in [2.45, 2.75) is 32.0 Å². The highest BCUT2D eigenvalue weighted by molar-refractivity contribution is 5.85. The largest absolute Gasteiger partial charge is 0.389 e. The van der Waals surface area contributed by atoms with Gasteiger partial charge in [-0.2, -0.15) is 13.2 Å². The first-order valence-electron chi connectivity index (χ1n) is 7.25. The van der Waals surface area contributed by atoms with Crippen molar-refractivity contribution in [3.63, 3.8) is 0 Å². The molecule has 0 saturated carbocycles. The number of rotatable bonds is 4. The van der Waals surface area contributed by atoms with E-state index in [9.17, 15) is 22.0 Å². The van der Waals surface area contributed by atoms with E-state index in [1.54, 1.807) is 4.90 Å². The summed E-state index contributed by atoms with van der Waals surface area (Å²) in [5, 5.41) is 3.10. The molecule has 1 aliphatic heterocycles. The van der Waals surface area contributed by atoms with E-state index in [1.807, 2.05) is 0 Å². The number of hydrogen-bond acceptors (Lipinski definition) is 2. The molecule has 0 bridgehead atoms. The zero-order valence-corrected chi connectivity index (χ0v) is 14.8. The van der Waals surface area contributed by atoms with Gasteiger partial charge >= 0.3 is 6.18 Å². The van der Waals surface area contributed by atoms with Gasteiger partial charge in [-0.3, -0.25) is 4.90 Å². The monoisotopic (exact) mass is 394 g/mol. The summed E-state index contributed by atoms with van der Waals surface area (Å²) in [5.74, 6) is -2.02. The first-order chi connectivity index (χ1) is 10.3. The third-order valence-electron chi connectivity index (χ3n) is 3.96. The lowest BCUT2D eigenvalue weighted by Crippen LogP contribution is -2.45. The highest BCUT2D eigenvalue weighted by Gasteiger charge is 2.32. The summed E-state index contributed by atoms with van der Waals surface area (Å²) in [7, 11) is 0. The number of halogens is 7. The van der Waals surface area contributed by atoms with Gasteiger partial charge < -0.3 is 5.32 Å². The first kappa shape index (κ1) is 23.4. The van der Waals surface area contributed by atoms with Gasteiger partial charge in [0.05, 0.1) is 0 Å². The average molecular weight is 395 g/mol. The van der Waals surface area contributed by atoms with Crippen LogP contribution in [0.4, 0.5) is 22.0 Å². The standard InChI is InChI=1S/C15H19F5N2.2ClH/c1-10-2-3-11(14(17)13(10)16)12(4-5-15(18,19)20)22-8-6-21-7-9-22;;/h2-3,12,21H,4-9H2,1H3;2*1H/t12-;;/m0../s1. The lowest BCUT2D eigenvalue weighted by Gasteiger charge is -2.35. The maximum Gasteiger partial charge on any atom is 0.389 e. The molecule has 1 aromatic carbocycles. The molecule has 1 atom stereocenters. The molecule has 140 valence electrons. The van der Waals surface area contributed by atoms with Gasteiger partial charge in [0.15, 0.2) is 11.6 Å². The summed E-state index contributed by atoms with van der Waals surface area (Å²) in [6, 6.07) is 2.05. The van der Waals surface area contributed by atoms with Crippen molar-refractivity contribution in [2.75, 3.05) is 26.2 Å². The van der Waals surface area contributed by atoms with Gasteiger partial charge in [-0.25, -0.2) is 8.78 Å². The van der Waals surface area contributed by atoms with Crippen molar-refractivity contribution in [3.8, 4) is 0 Å². The fraction of sp³-hybridized carbons (Fsp3) is 0.600. The van der Waals surface area contributed by atoms with E-state index in [-0.39, 0.29) is 42.4 Å². The molecular formula is C15H21Cl2F5N2. The second-order valence-corrected chi connectivity index (χ2v) is 5.56. The Morgan fingerprint density at radius 3 is 2.21 bits per heavy atom. The van der Waals surface area contributed by atoms with Crippen molar-refractivity contribution < 1.29 is 22.0 Å². The van der Waals surface area contributed by atoms with Crippen LogP contribution in [0, 0.1) is 18.6 Å². The summed E-state index contributed by atoms with van der Waals surface area (Å²) in [4.78, 5) is 1.79. The minimum atomic E-state index is -4.31. The second kappa shape index (κ2) is 9.75. The normalized spacial score (nSPS) is 16.9. The highest BCUT2D eigenvalue weighted by Crippen LogP contribution is 2.34. The average Bonchev–Trinajstić information content (AvgIpc) is 2.47. The van der Waals surface area contributed by atoms with Crippen LogP contribution >= 0.6 is 24.8 Å². The maximum atomic E-state index is 14.2. The Morgan fingerprint density at radius 1 is 1.08 bits per heavy atom. The molecular weight excluding hydrogens is 374 g/mol. The van der Waals surface area contributed by atoms with E-state index >= 15 is 0 Å². The number of alkyl halides is 3. The van der Waals surface area contributed by atoms with Gasteiger partial charge in [-0.05, 0) is 18.9 Å². The minimum absolute atomic E-state index is 0. The molecule has 0 unspecified atom stereocenters. The quantitative estimate of drug-likeness (QED) is 0.761. The van der Waals surface area contributed by atoms with Crippen LogP contribution < -0.4 is 5.32 Å². The maximum absolute atomic E-state index is 14.2. The van der Waals surface area contributed by atoms with Crippen LogP contribution in [0.3, 0.4) is 0 Å². The molecule has 24 heavy (non-hydrogen) atoms. The number of hydrogen-bond donors (Lipinski definition) is 1. The number of nitrogens with one attached hydrogen (secondary N) is 1. The minimum Gasteiger partial charge on any atom is -0.314 e. The second-order valence-electron chi connectivity index (χ2n) is 5.56. The predicted octanol–water partition coefficient (Wildman–Crippen LogP) is 4.41. The summed E-state index contributed by atoms with van der Waals surface area (Å²) in [6.45, 7) is 3.70. The molecule has 1 fully saturated rings. The fourth-order valence-corrected chi connectivity index (χ4v) is 2.75. The van der Waals surface area contributed by atoms with E-state index < -0.39 is 30.3 Å². The molecule has 1 saturated heterocycles. The Morgan fingerprint density at radius 2 is 1.67 bits per heavy atom. The summed E-state index contributed by atoms with van der Waals surface area (Å²) < 4.78 is 65.6. The Labute approximate surface area is 150 Å². The van der Waals surface area contributed by atoms with E-state index in [1.165, 1.54) is 19.1 Å². The number of nitrogens with zero attached hydrogens (tertiary/aromatic N) is 1. The molecule has 2 nitrogen and oxygen atoms in total. The van der Waals surface area contributed by atoms with Crippen LogP contribution in [0.25, 0.3) is 0 Å². The van der Waals surface area contributed by atoms with Crippen LogP contribution in [-0.2, 0) is 0 Å². The van der Waals surface area contributed by atoms with Crippen molar-refractivity contribution >= 4 is 24.8 Å². The van der Waals surface area contributed by atoms with E-state index in [0.717, 1.165) is 0 Å². The van der Waals surface area contributed by atoms with Crippen LogP contribution in [0.5, 0.6) is 0 Å². The van der Waals surface area contributed by atoms with Crippen molar-refractivity contribution in [1.29, 1.82) is 0 Å². The fourth-order valence-electron chi connectivity index (χ4n) is 2.75. The molecule has 0 aliphatic carbocycles. The Hall–Kier alpha value is -0.630. The van der Waals surface area contributed by atoms with E-state index in [4.69, 9.17) is 0 Å². The number of aryl methyl sites for hydroxylation is 1. The molecule has 0 aromatic heterocycles. The predicted molar refractivity (Wildman–Crippen MR) is 88.1 cm³/mol. The molecule has 1 N–H and O–H groups in total. The van der Waals surface area contributed by atoms with Crippen LogP contribution in [0.1, 0.15) is 30.0 Å². The summed E-state index contributed by atoms with van der Waals surface area (Å²) in [5.41, 5.74) is 0.158. The van der Waals surface area contributed by atoms with Gasteiger partial charge in [-0.1, -0.05) is 12.1 Å². The zero-order chi connectivity index (χ0) is 16.3. The SMILES string of the molecule is Cc1ccc([C@H](CCC(F)(F)F)N2CCNCC2)c(F)c1F.Cl.Cl. The van der Waals surface area contributed by atoms with Crippen LogP contribution in [0.2, 0.25) is 0 Å². The van der Waals surface area contributed by atoms with Gasteiger partial charge in [0.25, 0.3) is 0 Å². The number of piperazine rings is 1. The third kappa shape index (κ3) is 6.02. The summed E-state index contributed by atoms with van der Waals surface area (Å²) >= 11 is 0. The van der Waals surface area contributed by atoms with Crippen LogP contribution in [0.15, 0.2) is 12.1 Å².